The molecule has 1 aromatic carbocycles. The van der Waals surface area contributed by atoms with E-state index in [-0.39, 0.29) is 6.61 Å². The normalized spacial score (nSPS) is 13.6. The minimum Gasteiger partial charge on any atom is -0.465 e. The van der Waals surface area contributed by atoms with Gasteiger partial charge in [0.05, 0.1) is 11.4 Å². The van der Waals surface area contributed by atoms with Crippen molar-refractivity contribution in [1.29, 1.82) is 0 Å². The minimum atomic E-state index is -3.71. The molecule has 1 atom stereocenters. The van der Waals surface area contributed by atoms with Gasteiger partial charge in [0, 0.05) is 9.79 Å². The smallest absolute Gasteiger partial charge is 0.328 e. The summed E-state index contributed by atoms with van der Waals surface area (Å²) in [4.78, 5) is 14.3. The van der Waals surface area contributed by atoms with E-state index in [0.29, 0.717) is 5.56 Å². The van der Waals surface area contributed by atoms with E-state index < -0.39 is 26.8 Å². The van der Waals surface area contributed by atoms with Gasteiger partial charge in [-0.25, -0.2) is 13.2 Å². The van der Waals surface area contributed by atoms with Gasteiger partial charge >= 0.3 is 5.97 Å². The van der Waals surface area contributed by atoms with Gasteiger partial charge in [-0.15, -0.1) is 23.5 Å². The van der Waals surface area contributed by atoms with Gasteiger partial charge in [-0.1, -0.05) is 6.07 Å². The second kappa shape index (κ2) is 8.60. The zero-order chi connectivity index (χ0) is 18.5. The van der Waals surface area contributed by atoms with Crippen LogP contribution in [-0.2, 0) is 19.6 Å². The summed E-state index contributed by atoms with van der Waals surface area (Å²) >= 11 is 3.05. The highest BCUT2D eigenvalue weighted by atomic mass is 32.2. The molecule has 24 heavy (non-hydrogen) atoms. The summed E-state index contributed by atoms with van der Waals surface area (Å²) in [6.07, 6.45) is 3.85. The third-order valence-corrected chi connectivity index (χ3v) is 7.03. The molecule has 0 spiro atoms. The van der Waals surface area contributed by atoms with E-state index in [1.54, 1.807) is 45.5 Å². The van der Waals surface area contributed by atoms with Crippen LogP contribution in [0.4, 0.5) is 0 Å². The standard InChI is InChI=1S/C16H25NO4S3/c1-7-21-15(18)14(17-24(19,20)16(2,3)4)12-9-8-11(22-5)10-13(12)23-6/h8-10,14,17H,7H2,1-6H3/t14-/m0/s1. The van der Waals surface area contributed by atoms with Crippen LogP contribution in [0.3, 0.4) is 0 Å². The highest BCUT2D eigenvalue weighted by Crippen LogP contribution is 2.32. The number of ether oxygens (including phenoxy) is 1. The van der Waals surface area contributed by atoms with Crippen LogP contribution >= 0.6 is 23.5 Å². The van der Waals surface area contributed by atoms with E-state index in [4.69, 9.17) is 4.74 Å². The van der Waals surface area contributed by atoms with Crippen molar-refractivity contribution in [2.24, 2.45) is 0 Å². The van der Waals surface area contributed by atoms with Crippen molar-refractivity contribution in [3.63, 3.8) is 0 Å². The van der Waals surface area contributed by atoms with Crippen molar-refractivity contribution < 1.29 is 17.9 Å². The maximum Gasteiger partial charge on any atom is 0.328 e. The molecule has 0 bridgehead atoms. The molecule has 0 unspecified atom stereocenters. The first-order chi connectivity index (χ1) is 11.1. The minimum absolute atomic E-state index is 0.185. The maximum absolute atomic E-state index is 12.5. The van der Waals surface area contributed by atoms with Crippen LogP contribution in [-0.4, -0.2) is 38.3 Å². The van der Waals surface area contributed by atoms with Crippen molar-refractivity contribution >= 4 is 39.5 Å². The Morgan fingerprint density at radius 3 is 2.33 bits per heavy atom. The fourth-order valence-corrected chi connectivity index (χ4v) is 3.92. The van der Waals surface area contributed by atoms with Crippen molar-refractivity contribution in [3.8, 4) is 0 Å². The molecule has 1 aromatic rings. The summed E-state index contributed by atoms with van der Waals surface area (Å²) in [5, 5.41) is 0. The Kier molecular flexibility index (Phi) is 7.65. The molecular formula is C16H25NO4S3. The van der Waals surface area contributed by atoms with Gasteiger partial charge in [-0.3, -0.25) is 0 Å². The quantitative estimate of drug-likeness (QED) is 0.567. The average Bonchev–Trinajstić information content (AvgIpc) is 2.51. The second-order valence-electron chi connectivity index (χ2n) is 6.03. The van der Waals surface area contributed by atoms with E-state index >= 15 is 0 Å². The van der Waals surface area contributed by atoms with Crippen molar-refractivity contribution in [1.82, 2.24) is 4.72 Å². The summed E-state index contributed by atoms with van der Waals surface area (Å²) in [5.41, 5.74) is 0.603. The lowest BCUT2D eigenvalue weighted by Gasteiger charge is -2.25. The Morgan fingerprint density at radius 2 is 1.88 bits per heavy atom. The van der Waals surface area contributed by atoms with Crippen LogP contribution in [0, 0.1) is 0 Å². The third kappa shape index (κ3) is 5.15. The number of hydrogen-bond acceptors (Lipinski definition) is 6. The number of hydrogen-bond donors (Lipinski definition) is 1. The van der Waals surface area contributed by atoms with Gasteiger partial charge < -0.3 is 4.74 Å². The molecule has 8 heteroatoms. The number of benzene rings is 1. The SMILES string of the molecule is CCOC(=O)[C@@H](NS(=O)(=O)C(C)(C)C)c1ccc(SC)cc1SC. The van der Waals surface area contributed by atoms with Crippen LogP contribution in [0.2, 0.25) is 0 Å². The lowest BCUT2D eigenvalue weighted by Crippen LogP contribution is -2.44. The lowest BCUT2D eigenvalue weighted by atomic mass is 10.1. The maximum atomic E-state index is 12.5. The Balaban J connectivity index is 3.37. The molecule has 0 aromatic heterocycles. The lowest BCUT2D eigenvalue weighted by molar-refractivity contribution is -0.145. The molecule has 0 heterocycles. The first-order valence-electron chi connectivity index (χ1n) is 7.47. The summed E-state index contributed by atoms with van der Waals surface area (Å²) in [6.45, 7) is 6.64. The van der Waals surface area contributed by atoms with Crippen molar-refractivity contribution in [2.75, 3.05) is 19.1 Å². The molecule has 0 aliphatic rings. The average molecular weight is 392 g/mol. The number of nitrogens with one attached hydrogen (secondary N) is 1. The molecule has 0 aliphatic carbocycles. The molecule has 5 nitrogen and oxygen atoms in total. The van der Waals surface area contributed by atoms with Crippen LogP contribution in [0.1, 0.15) is 39.3 Å². The van der Waals surface area contributed by atoms with E-state index in [0.717, 1.165) is 9.79 Å². The molecule has 0 saturated carbocycles. The number of esters is 1. The number of carbonyl (C=O) groups is 1. The van der Waals surface area contributed by atoms with Gasteiger partial charge in [0.15, 0.2) is 0 Å². The van der Waals surface area contributed by atoms with Crippen LogP contribution in [0.25, 0.3) is 0 Å². The predicted octanol–water partition coefficient (Wildman–Crippen LogP) is 3.45. The third-order valence-electron chi connectivity index (χ3n) is 3.35. The van der Waals surface area contributed by atoms with Crippen molar-refractivity contribution in [2.45, 2.75) is 48.3 Å². The van der Waals surface area contributed by atoms with E-state index in [1.165, 1.54) is 11.8 Å². The predicted molar refractivity (Wildman–Crippen MR) is 101 cm³/mol. The fourth-order valence-electron chi connectivity index (χ4n) is 1.85. The molecule has 0 aliphatic heterocycles. The Hall–Kier alpha value is -0.700. The number of sulfonamides is 1. The molecule has 1 rings (SSSR count). The molecular weight excluding hydrogens is 366 g/mol. The van der Waals surface area contributed by atoms with E-state index in [1.807, 2.05) is 24.6 Å². The molecule has 0 amide bonds. The van der Waals surface area contributed by atoms with Crippen LogP contribution in [0.15, 0.2) is 28.0 Å². The van der Waals surface area contributed by atoms with Gasteiger partial charge in [0.25, 0.3) is 0 Å². The zero-order valence-corrected chi connectivity index (χ0v) is 17.3. The molecule has 0 fully saturated rings. The zero-order valence-electron chi connectivity index (χ0n) is 14.9. The highest BCUT2D eigenvalue weighted by Gasteiger charge is 2.36. The van der Waals surface area contributed by atoms with E-state index in [9.17, 15) is 13.2 Å². The Labute approximate surface area is 153 Å². The highest BCUT2D eigenvalue weighted by molar-refractivity contribution is 7.99. The fraction of sp³-hybridized carbons (Fsp3) is 0.562. The summed E-state index contributed by atoms with van der Waals surface area (Å²) < 4.78 is 31.7. The number of carbonyl (C=O) groups excluding carboxylic acids is 1. The van der Waals surface area contributed by atoms with E-state index in [2.05, 4.69) is 4.72 Å². The van der Waals surface area contributed by atoms with Gasteiger partial charge in [-0.2, -0.15) is 4.72 Å². The molecule has 0 saturated heterocycles. The molecule has 0 radical (unpaired) electrons. The topological polar surface area (TPSA) is 72.5 Å². The Bertz CT molecular complexity index is 681. The summed E-state index contributed by atoms with van der Waals surface area (Å²) in [5.74, 6) is -0.600. The second-order valence-corrected chi connectivity index (χ2v) is 10.2. The van der Waals surface area contributed by atoms with Crippen LogP contribution in [0.5, 0.6) is 0 Å². The number of thioether (sulfide) groups is 2. The first kappa shape index (κ1) is 21.3. The van der Waals surface area contributed by atoms with Gasteiger partial charge in [0.2, 0.25) is 10.0 Å². The van der Waals surface area contributed by atoms with Crippen LogP contribution < -0.4 is 4.72 Å². The largest absolute Gasteiger partial charge is 0.465 e. The van der Waals surface area contributed by atoms with Gasteiger partial charge in [0.1, 0.15) is 6.04 Å². The number of rotatable bonds is 7. The monoisotopic (exact) mass is 391 g/mol. The van der Waals surface area contributed by atoms with Crippen molar-refractivity contribution in [3.05, 3.63) is 23.8 Å². The molecule has 1 N–H and O–H groups in total. The summed E-state index contributed by atoms with van der Waals surface area (Å²) in [6, 6.07) is 4.54. The Morgan fingerprint density at radius 1 is 1.25 bits per heavy atom. The summed E-state index contributed by atoms with van der Waals surface area (Å²) in [7, 11) is -3.71. The molecule has 136 valence electrons. The first-order valence-corrected chi connectivity index (χ1v) is 11.4. The van der Waals surface area contributed by atoms with Gasteiger partial charge in [-0.05, 0) is 57.9 Å².